The van der Waals surface area contributed by atoms with Gasteiger partial charge in [-0.25, -0.2) is 0 Å². The Balaban J connectivity index is 1.75. The molecule has 1 amide bonds. The topological polar surface area (TPSA) is 41.6 Å². The Morgan fingerprint density at radius 1 is 1.29 bits per heavy atom. The molecular formula is C17H26N2O2. The second-order valence-corrected chi connectivity index (χ2v) is 5.97. The van der Waals surface area contributed by atoms with Crippen LogP contribution in [0.4, 0.5) is 0 Å². The third-order valence-electron chi connectivity index (χ3n) is 3.83. The van der Waals surface area contributed by atoms with Crippen molar-refractivity contribution in [1.29, 1.82) is 0 Å². The smallest absolute Gasteiger partial charge is 0.221 e. The summed E-state index contributed by atoms with van der Waals surface area (Å²) in [5.74, 6) is 0.109. The molecule has 0 saturated carbocycles. The van der Waals surface area contributed by atoms with Gasteiger partial charge in [0.05, 0.1) is 18.2 Å². The fourth-order valence-corrected chi connectivity index (χ4v) is 2.87. The predicted molar refractivity (Wildman–Crippen MR) is 84.1 cm³/mol. The van der Waals surface area contributed by atoms with Crippen molar-refractivity contribution in [2.75, 3.05) is 19.6 Å². The highest BCUT2D eigenvalue weighted by molar-refractivity contribution is 5.76. The van der Waals surface area contributed by atoms with Crippen LogP contribution in [0.5, 0.6) is 0 Å². The van der Waals surface area contributed by atoms with Crippen molar-refractivity contribution in [3.8, 4) is 0 Å². The minimum absolute atomic E-state index is 0.0567. The van der Waals surface area contributed by atoms with E-state index in [1.165, 1.54) is 0 Å². The second-order valence-electron chi connectivity index (χ2n) is 5.97. The number of hydrogen-bond acceptors (Lipinski definition) is 3. The van der Waals surface area contributed by atoms with Crippen LogP contribution < -0.4 is 5.32 Å². The van der Waals surface area contributed by atoms with Crippen molar-refractivity contribution in [3.63, 3.8) is 0 Å². The molecule has 2 rings (SSSR count). The van der Waals surface area contributed by atoms with E-state index < -0.39 is 0 Å². The molecule has 0 bridgehead atoms. The molecule has 0 aliphatic carbocycles. The predicted octanol–water partition coefficient (Wildman–Crippen LogP) is 2.36. The van der Waals surface area contributed by atoms with Crippen LogP contribution in [0.15, 0.2) is 30.3 Å². The van der Waals surface area contributed by atoms with E-state index in [1.807, 2.05) is 37.3 Å². The molecule has 1 aliphatic heterocycles. The van der Waals surface area contributed by atoms with E-state index in [4.69, 9.17) is 4.74 Å². The summed E-state index contributed by atoms with van der Waals surface area (Å²) in [7, 11) is 0. The number of carbonyl (C=O) groups is 1. The fraction of sp³-hybridized carbons (Fsp3) is 0.588. The van der Waals surface area contributed by atoms with Crippen molar-refractivity contribution >= 4 is 5.91 Å². The number of ether oxygens (including phenoxy) is 1. The Labute approximate surface area is 127 Å². The minimum atomic E-state index is 0.0567. The highest BCUT2D eigenvalue weighted by atomic mass is 16.5. The van der Waals surface area contributed by atoms with Gasteiger partial charge in [0.25, 0.3) is 0 Å². The maximum atomic E-state index is 12.1. The zero-order chi connectivity index (χ0) is 15.2. The van der Waals surface area contributed by atoms with Crippen molar-refractivity contribution < 1.29 is 9.53 Å². The van der Waals surface area contributed by atoms with Crippen molar-refractivity contribution in [3.05, 3.63) is 35.9 Å². The first kappa shape index (κ1) is 16.0. The van der Waals surface area contributed by atoms with E-state index in [0.29, 0.717) is 6.42 Å². The molecule has 1 heterocycles. The number of nitrogens with zero attached hydrogens (tertiary/aromatic N) is 1. The van der Waals surface area contributed by atoms with Crippen LogP contribution in [0.25, 0.3) is 0 Å². The van der Waals surface area contributed by atoms with Crippen LogP contribution in [0.1, 0.15) is 38.8 Å². The number of carbonyl (C=O) groups excluding carboxylic acids is 1. The lowest BCUT2D eigenvalue weighted by Crippen LogP contribution is -2.46. The molecule has 21 heavy (non-hydrogen) atoms. The summed E-state index contributed by atoms with van der Waals surface area (Å²) in [5.41, 5.74) is 1.14. The average molecular weight is 290 g/mol. The normalized spacial score (nSPS) is 24.5. The van der Waals surface area contributed by atoms with Gasteiger partial charge in [-0.05, 0) is 26.3 Å². The molecule has 1 aliphatic rings. The van der Waals surface area contributed by atoms with Crippen LogP contribution >= 0.6 is 0 Å². The van der Waals surface area contributed by atoms with Gasteiger partial charge in [0.1, 0.15) is 0 Å². The lowest BCUT2D eigenvalue weighted by Gasteiger charge is -2.35. The van der Waals surface area contributed by atoms with Crippen LogP contribution in [-0.4, -0.2) is 42.6 Å². The van der Waals surface area contributed by atoms with Gasteiger partial charge in [-0.1, -0.05) is 30.3 Å². The first-order valence-electron chi connectivity index (χ1n) is 7.76. The number of rotatable bonds is 5. The zero-order valence-corrected chi connectivity index (χ0v) is 13.2. The molecule has 0 radical (unpaired) electrons. The molecule has 3 atom stereocenters. The highest BCUT2D eigenvalue weighted by Crippen LogP contribution is 2.13. The van der Waals surface area contributed by atoms with E-state index in [9.17, 15) is 4.79 Å². The Kier molecular flexibility index (Phi) is 5.76. The van der Waals surface area contributed by atoms with Crippen molar-refractivity contribution in [2.24, 2.45) is 0 Å². The van der Waals surface area contributed by atoms with E-state index in [-0.39, 0.29) is 24.2 Å². The van der Waals surface area contributed by atoms with Crippen molar-refractivity contribution in [2.45, 2.75) is 45.4 Å². The van der Waals surface area contributed by atoms with Gasteiger partial charge in [-0.15, -0.1) is 0 Å². The molecule has 1 N–H and O–H groups in total. The number of morpholine rings is 1. The lowest BCUT2D eigenvalue weighted by molar-refractivity contribution is -0.123. The summed E-state index contributed by atoms with van der Waals surface area (Å²) in [5, 5.41) is 3.06. The van der Waals surface area contributed by atoms with E-state index in [0.717, 1.165) is 25.2 Å². The molecule has 1 saturated heterocycles. The second kappa shape index (κ2) is 7.57. The fourth-order valence-electron chi connectivity index (χ4n) is 2.87. The maximum absolute atomic E-state index is 12.1. The van der Waals surface area contributed by atoms with Crippen LogP contribution in [0.3, 0.4) is 0 Å². The minimum Gasteiger partial charge on any atom is -0.373 e. The molecule has 4 nitrogen and oxygen atoms in total. The molecule has 116 valence electrons. The standard InChI is InChI=1S/C17H26N2O2/c1-13-11-19(12-14(2)21-13)10-9-17(20)18-15(3)16-7-5-4-6-8-16/h4-8,13-15H,9-12H2,1-3H3,(H,18,20)/t13-,14+,15-/m1/s1. The van der Waals surface area contributed by atoms with Gasteiger partial charge in [-0.3, -0.25) is 9.69 Å². The van der Waals surface area contributed by atoms with Crippen LogP contribution in [-0.2, 0) is 9.53 Å². The Bertz CT molecular complexity index is 439. The summed E-state index contributed by atoms with van der Waals surface area (Å²) in [6.45, 7) is 8.80. The maximum Gasteiger partial charge on any atom is 0.221 e. The zero-order valence-electron chi connectivity index (χ0n) is 13.2. The molecule has 0 unspecified atom stereocenters. The number of amides is 1. The number of benzene rings is 1. The summed E-state index contributed by atoms with van der Waals surface area (Å²) in [4.78, 5) is 14.4. The van der Waals surface area contributed by atoms with Gasteiger partial charge in [0.2, 0.25) is 5.91 Å². The first-order valence-corrected chi connectivity index (χ1v) is 7.76. The summed E-state index contributed by atoms with van der Waals surface area (Å²) < 4.78 is 5.70. The van der Waals surface area contributed by atoms with E-state index >= 15 is 0 Å². The van der Waals surface area contributed by atoms with Gasteiger partial charge >= 0.3 is 0 Å². The average Bonchev–Trinajstić information content (AvgIpc) is 2.45. The van der Waals surface area contributed by atoms with Gasteiger partial charge < -0.3 is 10.1 Å². The third-order valence-corrected chi connectivity index (χ3v) is 3.83. The Hall–Kier alpha value is -1.39. The quantitative estimate of drug-likeness (QED) is 0.905. The third kappa shape index (κ3) is 5.14. The molecule has 0 aromatic heterocycles. The monoisotopic (exact) mass is 290 g/mol. The molecule has 1 aromatic rings. The molecule has 1 fully saturated rings. The lowest BCUT2D eigenvalue weighted by atomic mass is 10.1. The van der Waals surface area contributed by atoms with Gasteiger partial charge in [0.15, 0.2) is 0 Å². The molecule has 4 heteroatoms. The summed E-state index contributed by atoms with van der Waals surface area (Å²) in [6, 6.07) is 10.1. The van der Waals surface area contributed by atoms with Crippen LogP contribution in [0.2, 0.25) is 0 Å². The molecular weight excluding hydrogens is 264 g/mol. The van der Waals surface area contributed by atoms with Gasteiger partial charge in [-0.2, -0.15) is 0 Å². The Morgan fingerprint density at radius 2 is 1.90 bits per heavy atom. The number of nitrogens with one attached hydrogen (secondary N) is 1. The van der Waals surface area contributed by atoms with Crippen molar-refractivity contribution in [1.82, 2.24) is 10.2 Å². The van der Waals surface area contributed by atoms with Crippen LogP contribution in [0, 0.1) is 0 Å². The first-order chi connectivity index (χ1) is 10.0. The largest absolute Gasteiger partial charge is 0.373 e. The molecule has 1 aromatic carbocycles. The summed E-state index contributed by atoms with van der Waals surface area (Å²) >= 11 is 0. The van der Waals surface area contributed by atoms with Gasteiger partial charge in [0, 0.05) is 26.1 Å². The van der Waals surface area contributed by atoms with E-state index in [2.05, 4.69) is 24.1 Å². The SMILES string of the molecule is C[C@@H]1CN(CCC(=O)N[C@H](C)c2ccccc2)C[C@H](C)O1. The summed E-state index contributed by atoms with van der Waals surface area (Å²) in [6.07, 6.45) is 1.04. The number of hydrogen-bond donors (Lipinski definition) is 1. The highest BCUT2D eigenvalue weighted by Gasteiger charge is 2.22. The van der Waals surface area contributed by atoms with E-state index in [1.54, 1.807) is 0 Å². The molecule has 0 spiro atoms. The Morgan fingerprint density at radius 3 is 2.52 bits per heavy atom.